The summed E-state index contributed by atoms with van der Waals surface area (Å²) in [5.41, 5.74) is 0. The van der Waals surface area contributed by atoms with Crippen molar-refractivity contribution in [2.45, 2.75) is 4.90 Å². The number of rotatable bonds is 4. The first-order valence-corrected chi connectivity index (χ1v) is 6.12. The van der Waals surface area contributed by atoms with Gasteiger partial charge in [0, 0.05) is 4.90 Å². The molecule has 0 amide bonds. The van der Waals surface area contributed by atoms with E-state index in [-0.39, 0.29) is 10.2 Å². The van der Waals surface area contributed by atoms with Crippen molar-refractivity contribution in [2.24, 2.45) is 0 Å². The Balaban J connectivity index is 2.46. The summed E-state index contributed by atoms with van der Waals surface area (Å²) in [5, 5.41) is 8.40. The highest BCUT2D eigenvalue weighted by atomic mass is 32.2. The highest BCUT2D eigenvalue weighted by Crippen LogP contribution is 2.27. The first kappa shape index (κ1) is 12.9. The molecule has 0 aliphatic carbocycles. The zero-order valence-corrected chi connectivity index (χ0v) is 10.1. The summed E-state index contributed by atoms with van der Waals surface area (Å²) in [6, 6.07) is 7.00. The molecule has 1 aromatic carbocycles. The summed E-state index contributed by atoms with van der Waals surface area (Å²) >= 11 is 1.79. The summed E-state index contributed by atoms with van der Waals surface area (Å²) in [6.45, 7) is 0. The van der Waals surface area contributed by atoms with E-state index in [0.29, 0.717) is 0 Å². The molecule has 16 heavy (non-hydrogen) atoms. The van der Waals surface area contributed by atoms with Crippen LogP contribution in [0, 0.1) is 0 Å². The van der Waals surface area contributed by atoms with Crippen molar-refractivity contribution < 1.29 is 19.4 Å². The topological polar surface area (TPSA) is 63.6 Å². The molecule has 0 aliphatic rings. The number of carboxylic acid groups (broad SMARTS) is 1. The lowest BCUT2D eigenvalue weighted by Crippen LogP contribution is -1.99. The molecule has 0 atom stereocenters. The highest BCUT2D eigenvalue weighted by molar-refractivity contribution is 8.38. The molecule has 1 N–H and O–H groups in total. The fourth-order valence-corrected chi connectivity index (χ4v) is 2.30. The summed E-state index contributed by atoms with van der Waals surface area (Å²) in [5.74, 6) is -0.481. The van der Waals surface area contributed by atoms with Gasteiger partial charge in [0.2, 0.25) is 0 Å². The fraction of sp³-hybridized carbons (Fsp3) is 0.200. The van der Waals surface area contributed by atoms with Crippen molar-refractivity contribution in [1.82, 2.24) is 0 Å². The van der Waals surface area contributed by atoms with Gasteiger partial charge in [-0.2, -0.15) is 0 Å². The third-order valence-electron chi connectivity index (χ3n) is 1.57. The van der Waals surface area contributed by atoms with E-state index in [4.69, 9.17) is 9.84 Å². The summed E-state index contributed by atoms with van der Waals surface area (Å²) in [7, 11) is 1.57. The van der Waals surface area contributed by atoms with E-state index in [1.165, 1.54) is 0 Å². The Kier molecular flexibility index (Phi) is 5.21. The van der Waals surface area contributed by atoms with Crippen molar-refractivity contribution in [1.29, 1.82) is 0 Å². The molecule has 0 saturated carbocycles. The molecule has 4 nitrogen and oxygen atoms in total. The number of carbonyl (C=O) groups is 2. The van der Waals surface area contributed by atoms with Gasteiger partial charge in [-0.15, -0.1) is 0 Å². The first-order valence-electron chi connectivity index (χ1n) is 4.32. The molecule has 0 unspecified atom stereocenters. The monoisotopic (exact) mass is 258 g/mol. The van der Waals surface area contributed by atoms with Crippen LogP contribution in [0.5, 0.6) is 5.75 Å². The molecule has 0 fully saturated rings. The molecule has 0 radical (unpaired) electrons. The number of thioether (sulfide) groups is 2. The molecule has 0 saturated heterocycles. The van der Waals surface area contributed by atoms with Gasteiger partial charge in [-0.1, -0.05) is 11.8 Å². The molecule has 86 valence electrons. The van der Waals surface area contributed by atoms with Crippen LogP contribution in [0.15, 0.2) is 29.2 Å². The van der Waals surface area contributed by atoms with Gasteiger partial charge in [0.1, 0.15) is 5.75 Å². The lowest BCUT2D eigenvalue weighted by Gasteiger charge is -2.01. The molecule has 0 aliphatic heterocycles. The Morgan fingerprint density at radius 1 is 1.31 bits per heavy atom. The maximum absolute atomic E-state index is 11.3. The van der Waals surface area contributed by atoms with Crippen LogP contribution in [0.25, 0.3) is 0 Å². The number of hydrogen-bond acceptors (Lipinski definition) is 5. The zero-order chi connectivity index (χ0) is 12.0. The SMILES string of the molecule is COc1ccc(SC(=O)SCC(=O)O)cc1. The van der Waals surface area contributed by atoms with E-state index in [2.05, 4.69) is 0 Å². The lowest BCUT2D eigenvalue weighted by molar-refractivity contribution is -0.133. The summed E-state index contributed by atoms with van der Waals surface area (Å²) in [6.07, 6.45) is 0. The van der Waals surface area contributed by atoms with Gasteiger partial charge in [0.05, 0.1) is 12.9 Å². The van der Waals surface area contributed by atoms with E-state index in [1.807, 2.05) is 0 Å². The molecule has 0 spiro atoms. The summed E-state index contributed by atoms with van der Waals surface area (Å²) < 4.78 is 4.75. The largest absolute Gasteiger partial charge is 0.497 e. The predicted molar refractivity (Wildman–Crippen MR) is 64.3 cm³/mol. The Labute approximate surface area is 101 Å². The second-order valence-corrected chi connectivity index (χ2v) is 4.96. The number of methoxy groups -OCH3 is 1. The summed E-state index contributed by atoms with van der Waals surface area (Å²) in [4.78, 5) is 22.3. The standard InChI is InChI=1S/C10H10O4S2/c1-14-7-2-4-8(5-3-7)16-10(13)15-6-9(11)12/h2-5H,6H2,1H3,(H,11,12). The van der Waals surface area contributed by atoms with Crippen LogP contribution in [0.1, 0.15) is 0 Å². The Morgan fingerprint density at radius 3 is 2.44 bits per heavy atom. The van der Waals surface area contributed by atoms with E-state index < -0.39 is 5.97 Å². The van der Waals surface area contributed by atoms with Crippen LogP contribution in [-0.4, -0.2) is 28.4 Å². The minimum Gasteiger partial charge on any atom is -0.497 e. The normalized spacial score (nSPS) is 9.81. The van der Waals surface area contributed by atoms with Crippen LogP contribution < -0.4 is 4.74 Å². The average molecular weight is 258 g/mol. The predicted octanol–water partition coefficient (Wildman–Crippen LogP) is 2.73. The van der Waals surface area contributed by atoms with E-state index in [1.54, 1.807) is 31.4 Å². The minimum atomic E-state index is -0.992. The Morgan fingerprint density at radius 2 is 1.94 bits per heavy atom. The molecule has 0 bridgehead atoms. The second kappa shape index (κ2) is 6.44. The minimum absolute atomic E-state index is 0.206. The smallest absolute Gasteiger partial charge is 0.313 e. The van der Waals surface area contributed by atoms with Crippen LogP contribution >= 0.6 is 23.5 Å². The number of hydrogen-bond donors (Lipinski definition) is 1. The number of benzene rings is 1. The van der Waals surface area contributed by atoms with Crippen LogP contribution in [-0.2, 0) is 4.79 Å². The first-order chi connectivity index (χ1) is 7.61. The molecular weight excluding hydrogens is 248 g/mol. The number of aliphatic carboxylic acids is 1. The van der Waals surface area contributed by atoms with E-state index >= 15 is 0 Å². The molecule has 1 rings (SSSR count). The molecule has 6 heteroatoms. The zero-order valence-electron chi connectivity index (χ0n) is 8.50. The maximum atomic E-state index is 11.3. The van der Waals surface area contributed by atoms with Gasteiger partial charge < -0.3 is 9.84 Å². The van der Waals surface area contributed by atoms with Crippen LogP contribution in [0.2, 0.25) is 0 Å². The van der Waals surface area contributed by atoms with Crippen molar-refractivity contribution in [3.8, 4) is 5.75 Å². The van der Waals surface area contributed by atoms with Gasteiger partial charge >= 0.3 is 5.97 Å². The maximum Gasteiger partial charge on any atom is 0.313 e. The average Bonchev–Trinajstić information content (AvgIpc) is 2.27. The second-order valence-electron chi connectivity index (χ2n) is 2.71. The third-order valence-corrected chi connectivity index (χ3v) is 3.48. The number of carboxylic acids is 1. The highest BCUT2D eigenvalue weighted by Gasteiger charge is 2.08. The van der Waals surface area contributed by atoms with Gasteiger partial charge in [-0.25, -0.2) is 0 Å². The third kappa shape index (κ3) is 4.59. The van der Waals surface area contributed by atoms with Crippen molar-refractivity contribution in [3.63, 3.8) is 0 Å². The molecule has 1 aromatic rings. The van der Waals surface area contributed by atoms with Crippen molar-refractivity contribution in [3.05, 3.63) is 24.3 Å². The number of ether oxygens (including phenoxy) is 1. The van der Waals surface area contributed by atoms with E-state index in [9.17, 15) is 9.59 Å². The molecule has 0 aromatic heterocycles. The van der Waals surface area contributed by atoms with Gasteiger partial charge in [-0.3, -0.25) is 9.59 Å². The number of carbonyl (C=O) groups excluding carboxylic acids is 1. The molecule has 0 heterocycles. The van der Waals surface area contributed by atoms with Gasteiger partial charge in [-0.05, 0) is 36.0 Å². The van der Waals surface area contributed by atoms with E-state index in [0.717, 1.165) is 34.2 Å². The Bertz CT molecular complexity index is 375. The Hall–Kier alpha value is -1.14. The van der Waals surface area contributed by atoms with Crippen LogP contribution in [0.3, 0.4) is 0 Å². The molecular formula is C10H10O4S2. The fourth-order valence-electron chi connectivity index (χ4n) is 0.890. The van der Waals surface area contributed by atoms with Crippen molar-refractivity contribution >= 4 is 33.9 Å². The van der Waals surface area contributed by atoms with Gasteiger partial charge in [0.25, 0.3) is 4.45 Å². The quantitative estimate of drug-likeness (QED) is 0.838. The van der Waals surface area contributed by atoms with Crippen LogP contribution in [0.4, 0.5) is 4.79 Å². The van der Waals surface area contributed by atoms with Gasteiger partial charge in [0.15, 0.2) is 0 Å². The van der Waals surface area contributed by atoms with Crippen molar-refractivity contribution in [2.75, 3.05) is 12.9 Å². The lowest BCUT2D eigenvalue weighted by atomic mass is 10.3.